The van der Waals surface area contributed by atoms with Crippen LogP contribution in [0.1, 0.15) is 41.5 Å². The molecule has 0 aliphatic rings. The number of carbonyl (C=O) groups is 2. The quantitative estimate of drug-likeness (QED) is 0.281. The molecule has 0 saturated carbocycles. The smallest absolute Gasteiger partial charge is 0.412 e. The Balaban J connectivity index is 3.02. The third kappa shape index (κ3) is 8.41. The van der Waals surface area contributed by atoms with Crippen LogP contribution in [0.3, 0.4) is 0 Å². The number of rotatable bonds is 5. The van der Waals surface area contributed by atoms with Crippen molar-refractivity contribution in [2.24, 2.45) is 0 Å². The van der Waals surface area contributed by atoms with E-state index < -0.39 is 28.2 Å². The lowest BCUT2D eigenvalue weighted by molar-refractivity contribution is -0.384. The summed E-state index contributed by atoms with van der Waals surface area (Å²) >= 11 is 1.84. The highest BCUT2D eigenvalue weighted by Gasteiger charge is 2.24. The van der Waals surface area contributed by atoms with Crippen molar-refractivity contribution in [2.45, 2.75) is 52.7 Å². The monoisotopic (exact) mass is 494 g/mol. The van der Waals surface area contributed by atoms with Gasteiger partial charge in [-0.05, 0) is 64.1 Å². The SMILES string of the molecule is CC(C)(C)OC(=O)COc1cc(NC(=O)OC(C)(C)C)c([N+](=O)[O-])cc1I. The highest BCUT2D eigenvalue weighted by atomic mass is 127. The Labute approximate surface area is 171 Å². The maximum Gasteiger partial charge on any atom is 0.412 e. The Kier molecular flexibility index (Phi) is 7.40. The van der Waals surface area contributed by atoms with Crippen molar-refractivity contribution in [2.75, 3.05) is 11.9 Å². The van der Waals surface area contributed by atoms with Crippen LogP contribution in [0.2, 0.25) is 0 Å². The summed E-state index contributed by atoms with van der Waals surface area (Å²) < 4.78 is 16.1. The van der Waals surface area contributed by atoms with Crippen LogP contribution in [0.15, 0.2) is 12.1 Å². The van der Waals surface area contributed by atoms with Crippen molar-refractivity contribution in [1.82, 2.24) is 0 Å². The first-order valence-corrected chi connectivity index (χ1v) is 9.08. The highest BCUT2D eigenvalue weighted by molar-refractivity contribution is 14.1. The van der Waals surface area contributed by atoms with Gasteiger partial charge in [-0.1, -0.05) is 0 Å². The molecular formula is C17H23IN2O7. The summed E-state index contributed by atoms with van der Waals surface area (Å²) in [5, 5.41) is 13.6. The van der Waals surface area contributed by atoms with E-state index in [2.05, 4.69) is 5.32 Å². The number of benzene rings is 1. The number of nitrogens with zero attached hydrogens (tertiary/aromatic N) is 1. The van der Waals surface area contributed by atoms with Gasteiger partial charge in [-0.2, -0.15) is 0 Å². The van der Waals surface area contributed by atoms with Crippen LogP contribution in [0.25, 0.3) is 0 Å². The maximum atomic E-state index is 11.9. The van der Waals surface area contributed by atoms with Gasteiger partial charge in [0.05, 0.1) is 8.49 Å². The van der Waals surface area contributed by atoms with Crippen LogP contribution in [0.4, 0.5) is 16.2 Å². The molecular weight excluding hydrogens is 471 g/mol. The second-order valence-electron chi connectivity index (χ2n) is 7.56. The molecule has 0 aliphatic heterocycles. The minimum Gasteiger partial charge on any atom is -0.481 e. The topological polar surface area (TPSA) is 117 Å². The zero-order valence-electron chi connectivity index (χ0n) is 16.0. The summed E-state index contributed by atoms with van der Waals surface area (Å²) in [4.78, 5) is 34.4. The molecule has 0 bridgehead atoms. The van der Waals surface area contributed by atoms with Gasteiger partial charge in [-0.15, -0.1) is 0 Å². The number of nitro benzene ring substituents is 1. The number of nitrogens with one attached hydrogen (secondary N) is 1. The summed E-state index contributed by atoms with van der Waals surface area (Å²) in [6.07, 6.45) is -0.843. The third-order valence-electron chi connectivity index (χ3n) is 2.65. The molecule has 0 aliphatic carbocycles. The fourth-order valence-electron chi connectivity index (χ4n) is 1.83. The number of hydrogen-bond donors (Lipinski definition) is 1. The minimum absolute atomic E-state index is 0.103. The second-order valence-corrected chi connectivity index (χ2v) is 8.72. The van der Waals surface area contributed by atoms with Gasteiger partial charge < -0.3 is 14.2 Å². The van der Waals surface area contributed by atoms with E-state index in [9.17, 15) is 19.7 Å². The standard InChI is InChI=1S/C17H23IN2O7/c1-16(2,3)26-14(21)9-25-13-8-11(12(20(23)24)7-10(13)18)19-15(22)27-17(4,5)6/h7-8H,9H2,1-6H3,(H,19,22). The summed E-state index contributed by atoms with van der Waals surface area (Å²) in [5.41, 5.74) is -1.85. The Morgan fingerprint density at radius 1 is 1.11 bits per heavy atom. The van der Waals surface area contributed by atoms with Gasteiger partial charge in [-0.25, -0.2) is 9.59 Å². The van der Waals surface area contributed by atoms with Gasteiger partial charge in [0.1, 0.15) is 22.6 Å². The van der Waals surface area contributed by atoms with Gasteiger partial charge in [0.15, 0.2) is 6.61 Å². The first-order chi connectivity index (χ1) is 12.2. The van der Waals surface area contributed by atoms with E-state index in [1.54, 1.807) is 41.5 Å². The molecule has 1 rings (SSSR count). The lowest BCUT2D eigenvalue weighted by Crippen LogP contribution is -2.28. The summed E-state index contributed by atoms with van der Waals surface area (Å²) in [6, 6.07) is 2.51. The average molecular weight is 494 g/mol. The molecule has 1 aromatic rings. The fourth-order valence-corrected chi connectivity index (χ4v) is 2.43. The zero-order valence-corrected chi connectivity index (χ0v) is 18.2. The van der Waals surface area contributed by atoms with Gasteiger partial charge >= 0.3 is 12.1 Å². The lowest BCUT2D eigenvalue weighted by atomic mass is 10.2. The number of anilines is 1. The second kappa shape index (κ2) is 8.72. The van der Waals surface area contributed by atoms with E-state index in [0.29, 0.717) is 3.57 Å². The van der Waals surface area contributed by atoms with E-state index in [1.807, 2.05) is 22.6 Å². The number of nitro groups is 1. The number of amides is 1. The minimum atomic E-state index is -0.843. The van der Waals surface area contributed by atoms with Gasteiger partial charge in [0, 0.05) is 12.1 Å². The van der Waals surface area contributed by atoms with Crippen molar-refractivity contribution in [3.8, 4) is 5.75 Å². The first kappa shape index (κ1) is 22.9. The van der Waals surface area contributed by atoms with Crippen LogP contribution in [0.5, 0.6) is 5.75 Å². The molecule has 0 aromatic heterocycles. The number of halogens is 1. The largest absolute Gasteiger partial charge is 0.481 e. The van der Waals surface area contributed by atoms with Crippen LogP contribution < -0.4 is 10.1 Å². The molecule has 0 unspecified atom stereocenters. The normalized spacial score (nSPS) is 11.5. The van der Waals surface area contributed by atoms with Crippen molar-refractivity contribution in [1.29, 1.82) is 0 Å². The predicted molar refractivity (Wildman–Crippen MR) is 107 cm³/mol. The summed E-state index contributed by atoms with van der Waals surface area (Å²) in [5.74, 6) is -0.392. The molecule has 0 saturated heterocycles. The molecule has 10 heteroatoms. The Hall–Kier alpha value is -2.11. The van der Waals surface area contributed by atoms with Crippen LogP contribution in [-0.2, 0) is 14.3 Å². The van der Waals surface area contributed by atoms with E-state index in [1.165, 1.54) is 12.1 Å². The van der Waals surface area contributed by atoms with Crippen molar-refractivity contribution < 1.29 is 28.7 Å². The summed E-state index contributed by atoms with van der Waals surface area (Å²) in [6.45, 7) is 9.81. The average Bonchev–Trinajstić information content (AvgIpc) is 2.43. The maximum absolute atomic E-state index is 11.9. The molecule has 0 heterocycles. The molecule has 1 amide bonds. The zero-order chi connectivity index (χ0) is 21.0. The van der Waals surface area contributed by atoms with E-state index in [-0.39, 0.29) is 23.7 Å². The van der Waals surface area contributed by atoms with Crippen molar-refractivity contribution in [3.63, 3.8) is 0 Å². The summed E-state index contributed by atoms with van der Waals surface area (Å²) in [7, 11) is 0. The number of esters is 1. The molecule has 9 nitrogen and oxygen atoms in total. The number of carbonyl (C=O) groups excluding carboxylic acids is 2. The highest BCUT2D eigenvalue weighted by Crippen LogP contribution is 2.34. The molecule has 0 radical (unpaired) electrons. The van der Waals surface area contributed by atoms with Crippen molar-refractivity contribution >= 4 is 46.0 Å². The van der Waals surface area contributed by atoms with Crippen molar-refractivity contribution in [3.05, 3.63) is 25.8 Å². The van der Waals surface area contributed by atoms with Crippen LogP contribution >= 0.6 is 22.6 Å². The molecule has 0 atom stereocenters. The molecule has 1 N–H and O–H groups in total. The van der Waals surface area contributed by atoms with Crippen LogP contribution in [-0.4, -0.2) is 34.8 Å². The van der Waals surface area contributed by atoms with E-state index in [4.69, 9.17) is 14.2 Å². The Morgan fingerprint density at radius 2 is 1.67 bits per heavy atom. The van der Waals surface area contributed by atoms with Gasteiger partial charge in [0.25, 0.3) is 5.69 Å². The molecule has 27 heavy (non-hydrogen) atoms. The van der Waals surface area contributed by atoms with E-state index >= 15 is 0 Å². The van der Waals surface area contributed by atoms with Gasteiger partial charge in [-0.3, -0.25) is 15.4 Å². The van der Waals surface area contributed by atoms with Crippen LogP contribution in [0, 0.1) is 13.7 Å². The molecule has 150 valence electrons. The number of ether oxygens (including phenoxy) is 3. The number of hydrogen-bond acceptors (Lipinski definition) is 7. The molecule has 0 spiro atoms. The van der Waals surface area contributed by atoms with E-state index in [0.717, 1.165) is 0 Å². The molecule has 0 fully saturated rings. The predicted octanol–water partition coefficient (Wildman–Crippen LogP) is 4.27. The lowest BCUT2D eigenvalue weighted by Gasteiger charge is -2.20. The Morgan fingerprint density at radius 3 is 2.15 bits per heavy atom. The fraction of sp³-hybridized carbons (Fsp3) is 0.529. The molecule has 1 aromatic carbocycles. The first-order valence-electron chi connectivity index (χ1n) is 8.00. The third-order valence-corrected chi connectivity index (χ3v) is 3.49. The Bertz CT molecular complexity index is 736. The van der Waals surface area contributed by atoms with Gasteiger partial charge in [0.2, 0.25) is 0 Å².